The van der Waals surface area contributed by atoms with Crippen molar-refractivity contribution in [3.63, 3.8) is 0 Å². The molecule has 5 heteroatoms. The first kappa shape index (κ1) is 19.4. The Hall–Kier alpha value is -2.37. The van der Waals surface area contributed by atoms with E-state index in [2.05, 4.69) is 76.0 Å². The monoisotopic (exact) mass is 366 g/mol. The average Bonchev–Trinajstić information content (AvgIpc) is 2.71. The minimum absolute atomic E-state index is 0.755. The Morgan fingerprint density at radius 3 is 2.33 bits per heavy atom. The molecule has 144 valence electrons. The van der Waals surface area contributed by atoms with Gasteiger partial charge in [-0.15, -0.1) is 0 Å². The number of morpholine rings is 1. The SMILES string of the molecule is CN=C(NCc1ccc(CN2CCOCC2)cc1)NCc1ccccc1C. The third-order valence-electron chi connectivity index (χ3n) is 4.92. The molecule has 1 aliphatic heterocycles. The van der Waals surface area contributed by atoms with E-state index in [4.69, 9.17) is 4.74 Å². The van der Waals surface area contributed by atoms with Gasteiger partial charge in [-0.1, -0.05) is 48.5 Å². The van der Waals surface area contributed by atoms with E-state index >= 15 is 0 Å². The van der Waals surface area contributed by atoms with Crippen LogP contribution in [0.15, 0.2) is 53.5 Å². The maximum absolute atomic E-state index is 5.41. The largest absolute Gasteiger partial charge is 0.379 e. The minimum atomic E-state index is 0.755. The summed E-state index contributed by atoms with van der Waals surface area (Å²) in [5, 5.41) is 6.77. The Morgan fingerprint density at radius 2 is 1.63 bits per heavy atom. The molecule has 1 heterocycles. The van der Waals surface area contributed by atoms with E-state index < -0.39 is 0 Å². The summed E-state index contributed by atoms with van der Waals surface area (Å²) in [5.41, 5.74) is 5.17. The molecule has 0 bridgehead atoms. The maximum atomic E-state index is 5.41. The van der Waals surface area contributed by atoms with Gasteiger partial charge in [-0.2, -0.15) is 0 Å². The van der Waals surface area contributed by atoms with Crippen molar-refractivity contribution in [2.45, 2.75) is 26.6 Å². The normalized spacial score (nSPS) is 15.6. The standard InChI is InChI=1S/C22H30N4O/c1-18-5-3-4-6-21(18)16-25-22(23-2)24-15-19-7-9-20(10-8-19)17-26-11-13-27-14-12-26/h3-10H,11-17H2,1-2H3,(H2,23,24,25). The zero-order chi connectivity index (χ0) is 18.9. The van der Waals surface area contributed by atoms with Crippen LogP contribution in [0.1, 0.15) is 22.3 Å². The quantitative estimate of drug-likeness (QED) is 0.610. The summed E-state index contributed by atoms with van der Waals surface area (Å²) in [6.07, 6.45) is 0. The van der Waals surface area contributed by atoms with E-state index in [0.29, 0.717) is 0 Å². The number of aryl methyl sites for hydroxylation is 1. The van der Waals surface area contributed by atoms with Crippen LogP contribution < -0.4 is 10.6 Å². The van der Waals surface area contributed by atoms with Gasteiger partial charge in [-0.3, -0.25) is 9.89 Å². The topological polar surface area (TPSA) is 48.9 Å². The van der Waals surface area contributed by atoms with Crippen molar-refractivity contribution in [3.05, 3.63) is 70.8 Å². The molecule has 0 unspecified atom stereocenters. The van der Waals surface area contributed by atoms with Crippen molar-refractivity contribution >= 4 is 5.96 Å². The van der Waals surface area contributed by atoms with E-state index in [0.717, 1.165) is 51.9 Å². The summed E-state index contributed by atoms with van der Waals surface area (Å²) < 4.78 is 5.41. The molecule has 0 aromatic heterocycles. The molecule has 0 saturated carbocycles. The fourth-order valence-electron chi connectivity index (χ4n) is 3.17. The number of rotatable bonds is 6. The van der Waals surface area contributed by atoms with Crippen molar-refractivity contribution in [2.75, 3.05) is 33.4 Å². The summed E-state index contributed by atoms with van der Waals surface area (Å²) in [6.45, 7) is 8.38. The number of ether oxygens (including phenoxy) is 1. The molecule has 0 atom stereocenters. The summed E-state index contributed by atoms with van der Waals surface area (Å²) in [5.74, 6) is 0.815. The Morgan fingerprint density at radius 1 is 0.963 bits per heavy atom. The zero-order valence-electron chi connectivity index (χ0n) is 16.4. The van der Waals surface area contributed by atoms with Crippen molar-refractivity contribution < 1.29 is 4.74 Å². The third-order valence-corrected chi connectivity index (χ3v) is 4.92. The first-order valence-corrected chi connectivity index (χ1v) is 9.61. The number of benzene rings is 2. The van der Waals surface area contributed by atoms with Gasteiger partial charge in [-0.25, -0.2) is 0 Å². The van der Waals surface area contributed by atoms with Crippen LogP contribution in [0.25, 0.3) is 0 Å². The number of nitrogens with zero attached hydrogens (tertiary/aromatic N) is 2. The molecule has 2 aromatic carbocycles. The van der Waals surface area contributed by atoms with Crippen molar-refractivity contribution in [2.24, 2.45) is 4.99 Å². The Kier molecular flexibility index (Phi) is 7.25. The molecule has 1 fully saturated rings. The molecular formula is C22H30N4O. The summed E-state index contributed by atoms with van der Waals surface area (Å²) in [4.78, 5) is 6.76. The average molecular weight is 367 g/mol. The lowest BCUT2D eigenvalue weighted by molar-refractivity contribution is 0.0342. The second kappa shape index (κ2) is 10.1. The predicted molar refractivity (Wildman–Crippen MR) is 111 cm³/mol. The van der Waals surface area contributed by atoms with Crippen LogP contribution in [-0.2, 0) is 24.4 Å². The van der Waals surface area contributed by atoms with Gasteiger partial charge in [0, 0.05) is 39.8 Å². The smallest absolute Gasteiger partial charge is 0.191 e. The molecule has 1 saturated heterocycles. The Balaban J connectivity index is 1.46. The molecule has 27 heavy (non-hydrogen) atoms. The molecule has 2 aromatic rings. The second-order valence-electron chi connectivity index (χ2n) is 6.91. The first-order valence-electron chi connectivity index (χ1n) is 9.61. The first-order chi connectivity index (χ1) is 13.2. The van der Waals surface area contributed by atoms with Crippen LogP contribution in [0.2, 0.25) is 0 Å². The van der Waals surface area contributed by atoms with E-state index in [1.165, 1.54) is 22.3 Å². The zero-order valence-corrected chi connectivity index (χ0v) is 16.4. The highest BCUT2D eigenvalue weighted by atomic mass is 16.5. The lowest BCUT2D eigenvalue weighted by Crippen LogP contribution is -2.36. The number of hydrogen-bond donors (Lipinski definition) is 2. The lowest BCUT2D eigenvalue weighted by atomic mass is 10.1. The van der Waals surface area contributed by atoms with E-state index in [9.17, 15) is 0 Å². The van der Waals surface area contributed by atoms with Crippen LogP contribution in [0.3, 0.4) is 0 Å². The van der Waals surface area contributed by atoms with E-state index in [-0.39, 0.29) is 0 Å². The molecule has 2 N–H and O–H groups in total. The molecular weight excluding hydrogens is 336 g/mol. The molecule has 0 radical (unpaired) electrons. The number of hydrogen-bond acceptors (Lipinski definition) is 3. The van der Waals surface area contributed by atoms with Crippen LogP contribution in [0, 0.1) is 6.92 Å². The molecule has 0 spiro atoms. The van der Waals surface area contributed by atoms with Gasteiger partial charge >= 0.3 is 0 Å². The summed E-state index contributed by atoms with van der Waals surface area (Å²) >= 11 is 0. The van der Waals surface area contributed by atoms with Crippen LogP contribution >= 0.6 is 0 Å². The van der Waals surface area contributed by atoms with Gasteiger partial charge < -0.3 is 15.4 Å². The molecule has 0 amide bonds. The second-order valence-corrected chi connectivity index (χ2v) is 6.91. The highest BCUT2D eigenvalue weighted by Gasteiger charge is 2.10. The minimum Gasteiger partial charge on any atom is -0.379 e. The Bertz CT molecular complexity index is 736. The highest BCUT2D eigenvalue weighted by Crippen LogP contribution is 2.09. The number of aliphatic imine (C=N–C) groups is 1. The van der Waals surface area contributed by atoms with Crippen molar-refractivity contribution in [1.29, 1.82) is 0 Å². The van der Waals surface area contributed by atoms with Crippen LogP contribution in [0.5, 0.6) is 0 Å². The molecule has 1 aliphatic rings. The highest BCUT2D eigenvalue weighted by molar-refractivity contribution is 5.79. The third kappa shape index (κ3) is 6.08. The fraction of sp³-hybridized carbons (Fsp3) is 0.409. The molecule has 3 rings (SSSR count). The van der Waals surface area contributed by atoms with E-state index in [1.54, 1.807) is 7.05 Å². The summed E-state index contributed by atoms with van der Waals surface area (Å²) in [7, 11) is 1.80. The van der Waals surface area contributed by atoms with Gasteiger partial charge in [0.15, 0.2) is 5.96 Å². The molecule has 5 nitrogen and oxygen atoms in total. The van der Waals surface area contributed by atoms with Crippen LogP contribution in [0.4, 0.5) is 0 Å². The fourth-order valence-corrected chi connectivity index (χ4v) is 3.17. The Labute approximate surface area is 162 Å². The predicted octanol–water partition coefficient (Wildman–Crippen LogP) is 2.69. The summed E-state index contributed by atoms with van der Waals surface area (Å²) in [6, 6.07) is 17.2. The van der Waals surface area contributed by atoms with Gasteiger partial charge in [0.05, 0.1) is 13.2 Å². The number of guanidine groups is 1. The number of nitrogens with one attached hydrogen (secondary N) is 2. The van der Waals surface area contributed by atoms with Crippen molar-refractivity contribution in [3.8, 4) is 0 Å². The van der Waals surface area contributed by atoms with Gasteiger partial charge in [0.25, 0.3) is 0 Å². The van der Waals surface area contributed by atoms with Gasteiger partial charge in [-0.05, 0) is 29.2 Å². The maximum Gasteiger partial charge on any atom is 0.191 e. The van der Waals surface area contributed by atoms with E-state index in [1.807, 2.05) is 0 Å². The molecule has 0 aliphatic carbocycles. The van der Waals surface area contributed by atoms with Crippen LogP contribution in [-0.4, -0.2) is 44.2 Å². The van der Waals surface area contributed by atoms with Gasteiger partial charge in [0.1, 0.15) is 0 Å². The lowest BCUT2D eigenvalue weighted by Gasteiger charge is -2.26. The van der Waals surface area contributed by atoms with Crippen molar-refractivity contribution in [1.82, 2.24) is 15.5 Å². The van der Waals surface area contributed by atoms with Gasteiger partial charge in [0.2, 0.25) is 0 Å².